The van der Waals surface area contributed by atoms with Crippen molar-refractivity contribution in [1.29, 1.82) is 0 Å². The standard InChI is InChI=1S/C12H23NO2/c1-4-12(3,10(14)15)13-11(2)8-6-5-7-9-11/h13H,4-9H2,1-3H3,(H,14,15). The fourth-order valence-electron chi connectivity index (χ4n) is 2.42. The molecule has 0 spiro atoms. The zero-order chi connectivity index (χ0) is 11.5. The van der Waals surface area contributed by atoms with Gasteiger partial charge in [-0.2, -0.15) is 0 Å². The first-order chi connectivity index (χ1) is 6.92. The molecule has 0 aliphatic heterocycles. The van der Waals surface area contributed by atoms with E-state index in [1.54, 1.807) is 6.92 Å². The van der Waals surface area contributed by atoms with Gasteiger partial charge in [0.2, 0.25) is 0 Å². The minimum Gasteiger partial charge on any atom is -0.480 e. The molecule has 0 saturated heterocycles. The van der Waals surface area contributed by atoms with Crippen LogP contribution in [0.15, 0.2) is 0 Å². The van der Waals surface area contributed by atoms with Gasteiger partial charge >= 0.3 is 5.97 Å². The number of nitrogens with one attached hydrogen (secondary N) is 1. The molecular weight excluding hydrogens is 190 g/mol. The summed E-state index contributed by atoms with van der Waals surface area (Å²) in [6.07, 6.45) is 6.52. The van der Waals surface area contributed by atoms with Gasteiger partial charge in [0, 0.05) is 5.54 Å². The van der Waals surface area contributed by atoms with E-state index in [4.69, 9.17) is 0 Å². The van der Waals surface area contributed by atoms with Gasteiger partial charge in [0.15, 0.2) is 0 Å². The number of carbonyl (C=O) groups is 1. The lowest BCUT2D eigenvalue weighted by Gasteiger charge is -2.41. The highest BCUT2D eigenvalue weighted by atomic mass is 16.4. The molecule has 3 heteroatoms. The van der Waals surface area contributed by atoms with Gasteiger partial charge < -0.3 is 5.11 Å². The molecule has 1 aliphatic rings. The van der Waals surface area contributed by atoms with E-state index >= 15 is 0 Å². The largest absolute Gasteiger partial charge is 0.480 e. The lowest BCUT2D eigenvalue weighted by atomic mass is 9.80. The molecule has 0 bridgehead atoms. The van der Waals surface area contributed by atoms with E-state index < -0.39 is 11.5 Å². The van der Waals surface area contributed by atoms with E-state index in [1.807, 2.05) is 6.92 Å². The van der Waals surface area contributed by atoms with E-state index in [9.17, 15) is 9.90 Å². The third-order valence-electron chi connectivity index (χ3n) is 3.71. The molecule has 1 fully saturated rings. The molecule has 0 radical (unpaired) electrons. The second-order valence-electron chi connectivity index (χ2n) is 5.24. The van der Waals surface area contributed by atoms with Gasteiger partial charge in [0.25, 0.3) is 0 Å². The van der Waals surface area contributed by atoms with E-state index in [0.717, 1.165) is 12.8 Å². The zero-order valence-electron chi connectivity index (χ0n) is 10.1. The van der Waals surface area contributed by atoms with Crippen molar-refractivity contribution in [2.24, 2.45) is 0 Å². The first-order valence-electron chi connectivity index (χ1n) is 5.95. The SMILES string of the molecule is CCC(C)(NC1(C)CCCCC1)C(=O)O. The van der Waals surface area contributed by atoms with Gasteiger partial charge in [-0.15, -0.1) is 0 Å². The van der Waals surface area contributed by atoms with Gasteiger partial charge in [-0.25, -0.2) is 0 Å². The Kier molecular flexibility index (Phi) is 3.77. The number of carboxylic acid groups (broad SMARTS) is 1. The van der Waals surface area contributed by atoms with Gasteiger partial charge in [-0.05, 0) is 33.1 Å². The Morgan fingerprint density at radius 2 is 1.93 bits per heavy atom. The fourth-order valence-corrected chi connectivity index (χ4v) is 2.42. The smallest absolute Gasteiger partial charge is 0.323 e. The maximum absolute atomic E-state index is 11.2. The third kappa shape index (κ3) is 2.94. The number of aliphatic carboxylic acids is 1. The summed E-state index contributed by atoms with van der Waals surface area (Å²) in [7, 11) is 0. The molecule has 0 aromatic heterocycles. The summed E-state index contributed by atoms with van der Waals surface area (Å²) in [5.74, 6) is -0.739. The lowest BCUT2D eigenvalue weighted by Crippen LogP contribution is -2.59. The van der Waals surface area contributed by atoms with Crippen molar-refractivity contribution in [2.45, 2.75) is 70.4 Å². The maximum atomic E-state index is 11.2. The van der Waals surface area contributed by atoms with Gasteiger partial charge in [-0.3, -0.25) is 10.1 Å². The first-order valence-corrected chi connectivity index (χ1v) is 5.95. The van der Waals surface area contributed by atoms with Crippen LogP contribution in [0.1, 0.15) is 59.3 Å². The first kappa shape index (κ1) is 12.5. The molecule has 0 aromatic rings. The number of hydrogen-bond donors (Lipinski definition) is 2. The summed E-state index contributed by atoms with van der Waals surface area (Å²) >= 11 is 0. The molecule has 1 unspecified atom stereocenters. The van der Waals surface area contributed by atoms with Crippen molar-refractivity contribution in [3.8, 4) is 0 Å². The van der Waals surface area contributed by atoms with Crippen LogP contribution in [-0.4, -0.2) is 22.2 Å². The molecule has 2 N–H and O–H groups in total. The summed E-state index contributed by atoms with van der Waals surface area (Å²) in [4.78, 5) is 11.2. The van der Waals surface area contributed by atoms with E-state index in [0.29, 0.717) is 6.42 Å². The Balaban J connectivity index is 2.68. The highest BCUT2D eigenvalue weighted by Gasteiger charge is 2.38. The zero-order valence-corrected chi connectivity index (χ0v) is 10.1. The number of rotatable bonds is 4. The van der Waals surface area contributed by atoms with Crippen molar-refractivity contribution < 1.29 is 9.90 Å². The van der Waals surface area contributed by atoms with Gasteiger partial charge in [-0.1, -0.05) is 26.2 Å². The summed E-state index contributed by atoms with van der Waals surface area (Å²) in [5.41, 5.74) is -0.756. The van der Waals surface area contributed by atoms with E-state index in [1.165, 1.54) is 19.3 Å². The van der Waals surface area contributed by atoms with Crippen molar-refractivity contribution >= 4 is 5.97 Å². The van der Waals surface area contributed by atoms with Crippen LogP contribution in [0.4, 0.5) is 0 Å². The predicted molar refractivity (Wildman–Crippen MR) is 61.0 cm³/mol. The fraction of sp³-hybridized carbons (Fsp3) is 0.917. The van der Waals surface area contributed by atoms with Crippen LogP contribution in [0.2, 0.25) is 0 Å². The maximum Gasteiger partial charge on any atom is 0.323 e. The van der Waals surface area contributed by atoms with Crippen molar-refractivity contribution in [3.63, 3.8) is 0 Å². The van der Waals surface area contributed by atoms with Crippen molar-refractivity contribution in [3.05, 3.63) is 0 Å². The molecule has 3 nitrogen and oxygen atoms in total. The van der Waals surface area contributed by atoms with Crippen LogP contribution in [0.5, 0.6) is 0 Å². The van der Waals surface area contributed by atoms with Gasteiger partial charge in [0.1, 0.15) is 5.54 Å². The second-order valence-corrected chi connectivity index (χ2v) is 5.24. The summed E-state index contributed by atoms with van der Waals surface area (Å²) < 4.78 is 0. The third-order valence-corrected chi connectivity index (χ3v) is 3.71. The Labute approximate surface area is 92.3 Å². The summed E-state index contributed by atoms with van der Waals surface area (Å²) in [6.45, 7) is 5.87. The number of carboxylic acids is 1. The molecule has 1 rings (SSSR count). The molecule has 15 heavy (non-hydrogen) atoms. The summed E-state index contributed by atoms with van der Waals surface area (Å²) in [6, 6.07) is 0. The molecule has 0 aromatic carbocycles. The van der Waals surface area contributed by atoms with Crippen LogP contribution < -0.4 is 5.32 Å². The van der Waals surface area contributed by atoms with Crippen molar-refractivity contribution in [2.75, 3.05) is 0 Å². The van der Waals surface area contributed by atoms with Crippen LogP contribution in [0, 0.1) is 0 Å². The van der Waals surface area contributed by atoms with E-state index in [2.05, 4.69) is 12.2 Å². The second kappa shape index (κ2) is 4.52. The van der Waals surface area contributed by atoms with Crippen molar-refractivity contribution in [1.82, 2.24) is 5.32 Å². The average Bonchev–Trinajstić information content (AvgIpc) is 2.17. The lowest BCUT2D eigenvalue weighted by molar-refractivity contribution is -0.145. The molecule has 0 heterocycles. The van der Waals surface area contributed by atoms with Gasteiger partial charge in [0.05, 0.1) is 0 Å². The van der Waals surface area contributed by atoms with Crippen LogP contribution >= 0.6 is 0 Å². The van der Waals surface area contributed by atoms with Crippen LogP contribution in [0.25, 0.3) is 0 Å². The van der Waals surface area contributed by atoms with Crippen LogP contribution in [0.3, 0.4) is 0 Å². The molecule has 0 amide bonds. The molecule has 88 valence electrons. The monoisotopic (exact) mass is 213 g/mol. The normalized spacial score (nSPS) is 24.5. The molecular formula is C12H23NO2. The van der Waals surface area contributed by atoms with Crippen LogP contribution in [-0.2, 0) is 4.79 Å². The quantitative estimate of drug-likeness (QED) is 0.754. The van der Waals surface area contributed by atoms with E-state index in [-0.39, 0.29) is 5.54 Å². The Bertz CT molecular complexity index is 234. The molecule has 1 aliphatic carbocycles. The minimum atomic E-state index is -0.772. The Morgan fingerprint density at radius 3 is 2.33 bits per heavy atom. The average molecular weight is 213 g/mol. The Morgan fingerprint density at radius 1 is 1.40 bits per heavy atom. The highest BCUT2D eigenvalue weighted by molar-refractivity contribution is 5.78. The Hall–Kier alpha value is -0.570. The predicted octanol–water partition coefficient (Wildman–Crippen LogP) is 2.55. The minimum absolute atomic E-state index is 0.0153. The molecule has 1 atom stereocenters. The number of hydrogen-bond acceptors (Lipinski definition) is 2. The topological polar surface area (TPSA) is 49.3 Å². The highest BCUT2D eigenvalue weighted by Crippen LogP contribution is 2.30. The summed E-state index contributed by atoms with van der Waals surface area (Å²) in [5, 5.41) is 12.6. The molecule has 1 saturated carbocycles.